The van der Waals surface area contributed by atoms with Gasteiger partial charge in [-0.1, -0.05) is 66.0 Å². The van der Waals surface area contributed by atoms with Crippen LogP contribution in [0.1, 0.15) is 11.1 Å². The van der Waals surface area contributed by atoms with E-state index in [1.165, 1.54) is 11.1 Å². The Kier molecular flexibility index (Phi) is 3.55. The number of rotatable bonds is 3. The summed E-state index contributed by atoms with van der Waals surface area (Å²) in [6.45, 7) is 4.12. The lowest BCUT2D eigenvalue weighted by molar-refractivity contribution is 1.44. The van der Waals surface area contributed by atoms with E-state index in [9.17, 15) is 0 Å². The molecule has 0 amide bonds. The van der Waals surface area contributed by atoms with Crippen LogP contribution in [-0.4, -0.2) is 6.34 Å². The maximum atomic E-state index is 4.27. The van der Waals surface area contributed by atoms with Gasteiger partial charge < -0.3 is 10.3 Å². The Balaban J connectivity index is 1.97. The highest BCUT2D eigenvalue weighted by Crippen LogP contribution is 2.18. The Morgan fingerprint density at radius 2 is 1.35 bits per heavy atom. The average Bonchev–Trinajstić information content (AvgIpc) is 2.34. The van der Waals surface area contributed by atoms with Crippen molar-refractivity contribution in [2.24, 2.45) is 4.99 Å². The van der Waals surface area contributed by atoms with E-state index >= 15 is 0 Å². The molecular weight excluding hydrogens is 208 g/mol. The summed E-state index contributed by atoms with van der Waals surface area (Å²) in [5, 5.41) is 4.27. The monoisotopic (exact) mass is 223 g/mol. The molecule has 0 bridgehead atoms. The summed E-state index contributed by atoms with van der Waals surface area (Å²) in [6.07, 6.45) is 1.59. The summed E-state index contributed by atoms with van der Waals surface area (Å²) in [6, 6.07) is 16.1. The fourth-order valence-electron chi connectivity index (χ4n) is 1.42. The summed E-state index contributed by atoms with van der Waals surface area (Å²) in [5.41, 5.74) is 4.32. The number of nitrogens with zero attached hydrogens (tertiary/aromatic N) is 2. The molecule has 2 aromatic carbocycles. The van der Waals surface area contributed by atoms with Crippen molar-refractivity contribution in [2.45, 2.75) is 13.8 Å². The second kappa shape index (κ2) is 5.30. The first-order valence-corrected chi connectivity index (χ1v) is 5.61. The maximum absolute atomic E-state index is 4.27. The van der Waals surface area contributed by atoms with Crippen molar-refractivity contribution >= 4 is 17.7 Å². The van der Waals surface area contributed by atoms with Crippen LogP contribution in [0.2, 0.25) is 0 Å². The molecule has 0 aliphatic heterocycles. The maximum Gasteiger partial charge on any atom is -0.0398 e. The molecule has 0 spiro atoms. The predicted molar refractivity (Wildman–Crippen MR) is 73.5 cm³/mol. The molecule has 0 aliphatic carbocycles. The van der Waals surface area contributed by atoms with Crippen LogP contribution in [0.3, 0.4) is 0 Å². The zero-order valence-corrected chi connectivity index (χ0v) is 10.1. The number of benzene rings is 2. The Labute approximate surface area is 102 Å². The molecule has 2 rings (SSSR count). The van der Waals surface area contributed by atoms with Crippen molar-refractivity contribution in [3.05, 3.63) is 65.0 Å². The average molecular weight is 223 g/mol. The smallest absolute Gasteiger partial charge is 0.0398 e. The molecule has 0 saturated carbocycles. The van der Waals surface area contributed by atoms with E-state index < -0.39 is 0 Å². The van der Waals surface area contributed by atoms with Gasteiger partial charge in [0.1, 0.15) is 0 Å². The first-order chi connectivity index (χ1) is 8.24. The van der Waals surface area contributed by atoms with Crippen molar-refractivity contribution < 1.29 is 0 Å². The van der Waals surface area contributed by atoms with Crippen molar-refractivity contribution in [3.63, 3.8) is 0 Å². The summed E-state index contributed by atoms with van der Waals surface area (Å²) in [5.74, 6) is 0. The molecule has 0 N–H and O–H groups in total. The van der Waals surface area contributed by atoms with E-state index in [4.69, 9.17) is 0 Å². The van der Waals surface area contributed by atoms with Gasteiger partial charge in [-0.05, 0) is 25.2 Å². The van der Waals surface area contributed by atoms with Gasteiger partial charge in [0.15, 0.2) is 0 Å². The predicted octanol–water partition coefficient (Wildman–Crippen LogP) is 4.67. The van der Waals surface area contributed by atoms with Gasteiger partial charge in [0, 0.05) is 0 Å². The Bertz CT molecular complexity index is 495. The van der Waals surface area contributed by atoms with Gasteiger partial charge in [0.2, 0.25) is 0 Å². The lowest BCUT2D eigenvalue weighted by atomic mass is 10.2. The normalized spacial score (nSPS) is 10.7. The van der Waals surface area contributed by atoms with Gasteiger partial charge in [0.25, 0.3) is 0 Å². The minimum absolute atomic E-state index is 0.923. The molecule has 0 radical (unpaired) electrons. The van der Waals surface area contributed by atoms with Crippen LogP contribution in [-0.2, 0) is 0 Å². The molecule has 2 aromatic rings. The highest BCUT2D eigenvalue weighted by molar-refractivity contribution is 5.84. The number of aliphatic imine (C=N–C) groups is 1. The lowest BCUT2D eigenvalue weighted by Gasteiger charge is -2.08. The van der Waals surface area contributed by atoms with Gasteiger partial charge in [-0.15, -0.1) is 0 Å². The molecule has 0 fully saturated rings. The Morgan fingerprint density at radius 1 is 0.824 bits per heavy atom. The van der Waals surface area contributed by atoms with Crippen molar-refractivity contribution in [3.8, 4) is 0 Å². The molecule has 0 aromatic heterocycles. The molecule has 0 heterocycles. The Hall–Kier alpha value is -2.09. The first-order valence-electron chi connectivity index (χ1n) is 5.61. The second-order valence-corrected chi connectivity index (χ2v) is 4.04. The SMILES string of the molecule is Cc1ccc(N=C[N-]c2ccc(C)cc2)cc1. The van der Waals surface area contributed by atoms with Crippen LogP contribution in [0.15, 0.2) is 53.5 Å². The first kappa shape index (κ1) is 11.4. The van der Waals surface area contributed by atoms with Crippen LogP contribution >= 0.6 is 0 Å². The fourth-order valence-corrected chi connectivity index (χ4v) is 1.42. The summed E-state index contributed by atoms with van der Waals surface area (Å²) in [4.78, 5) is 4.27. The van der Waals surface area contributed by atoms with E-state index in [0.29, 0.717) is 0 Å². The van der Waals surface area contributed by atoms with E-state index in [2.05, 4.69) is 24.2 Å². The third-order valence-corrected chi connectivity index (χ3v) is 2.48. The van der Waals surface area contributed by atoms with E-state index in [1.807, 2.05) is 48.5 Å². The topological polar surface area (TPSA) is 26.5 Å². The highest BCUT2D eigenvalue weighted by Gasteiger charge is 1.83. The summed E-state index contributed by atoms with van der Waals surface area (Å²) in [7, 11) is 0. The molecular formula is C15H15N2-. The summed E-state index contributed by atoms with van der Waals surface area (Å²) < 4.78 is 0. The molecule has 0 atom stereocenters. The molecule has 0 unspecified atom stereocenters. The molecule has 2 heteroatoms. The number of aryl methyl sites for hydroxylation is 2. The third-order valence-electron chi connectivity index (χ3n) is 2.48. The van der Waals surface area contributed by atoms with Crippen LogP contribution in [0.4, 0.5) is 11.4 Å². The zero-order chi connectivity index (χ0) is 12.1. The largest absolute Gasteiger partial charge is 0.443 e. The zero-order valence-electron chi connectivity index (χ0n) is 10.1. The molecule has 86 valence electrons. The van der Waals surface area contributed by atoms with Gasteiger partial charge in [0.05, 0.1) is 0 Å². The van der Waals surface area contributed by atoms with Crippen LogP contribution < -0.4 is 0 Å². The highest BCUT2D eigenvalue weighted by atomic mass is 14.9. The molecule has 0 aliphatic rings. The van der Waals surface area contributed by atoms with E-state index in [0.717, 1.165) is 11.4 Å². The number of hydrogen-bond acceptors (Lipinski definition) is 1. The van der Waals surface area contributed by atoms with Gasteiger partial charge in [-0.3, -0.25) is 0 Å². The third kappa shape index (κ3) is 3.45. The molecule has 0 saturated heterocycles. The van der Waals surface area contributed by atoms with Crippen LogP contribution in [0, 0.1) is 13.8 Å². The minimum Gasteiger partial charge on any atom is -0.443 e. The van der Waals surface area contributed by atoms with E-state index in [-0.39, 0.29) is 0 Å². The fraction of sp³-hybridized carbons (Fsp3) is 0.133. The molecule has 17 heavy (non-hydrogen) atoms. The van der Waals surface area contributed by atoms with Crippen LogP contribution in [0.5, 0.6) is 0 Å². The van der Waals surface area contributed by atoms with Gasteiger partial charge in [-0.25, -0.2) is 0 Å². The van der Waals surface area contributed by atoms with Crippen LogP contribution in [0.25, 0.3) is 5.32 Å². The number of hydrogen-bond donors (Lipinski definition) is 0. The standard InChI is InChI=1S/C15H15N2/c1-12-3-7-14(8-4-12)16-11-17-15-9-5-13(2)6-10-15/h3-11H,1-2H3/q-1. The Morgan fingerprint density at radius 3 is 1.94 bits per heavy atom. The molecule has 2 nitrogen and oxygen atoms in total. The van der Waals surface area contributed by atoms with Gasteiger partial charge >= 0.3 is 0 Å². The van der Waals surface area contributed by atoms with Crippen molar-refractivity contribution in [1.29, 1.82) is 0 Å². The van der Waals surface area contributed by atoms with E-state index in [1.54, 1.807) is 6.34 Å². The lowest BCUT2D eigenvalue weighted by Crippen LogP contribution is -1.74. The van der Waals surface area contributed by atoms with Crippen molar-refractivity contribution in [1.82, 2.24) is 0 Å². The van der Waals surface area contributed by atoms with Crippen molar-refractivity contribution in [2.75, 3.05) is 0 Å². The van der Waals surface area contributed by atoms with Gasteiger partial charge in [-0.2, -0.15) is 0 Å². The minimum atomic E-state index is 0.923. The second-order valence-electron chi connectivity index (χ2n) is 4.04. The quantitative estimate of drug-likeness (QED) is 0.534. The summed E-state index contributed by atoms with van der Waals surface area (Å²) >= 11 is 0.